The van der Waals surface area contributed by atoms with E-state index in [4.69, 9.17) is 9.47 Å². The summed E-state index contributed by atoms with van der Waals surface area (Å²) in [4.78, 5) is 0. The molecule has 0 saturated carbocycles. The Morgan fingerprint density at radius 3 is 1.94 bits per heavy atom. The van der Waals surface area contributed by atoms with E-state index in [2.05, 4.69) is 19.2 Å². The van der Waals surface area contributed by atoms with Gasteiger partial charge in [0.1, 0.15) is 11.5 Å². The fourth-order valence-corrected chi connectivity index (χ4v) is 1.29. The lowest BCUT2D eigenvalue weighted by Crippen LogP contribution is -2.21. The van der Waals surface area contributed by atoms with E-state index in [1.807, 2.05) is 18.2 Å². The second-order valence-corrected chi connectivity index (χ2v) is 3.76. The van der Waals surface area contributed by atoms with Gasteiger partial charge in [-0.15, -0.1) is 17.0 Å². The smallest absolute Gasteiger partial charge is 0.122 e. The quantitative estimate of drug-likeness (QED) is 0.904. The number of methoxy groups -OCH3 is 2. The third-order valence-electron chi connectivity index (χ3n) is 2.13. The van der Waals surface area contributed by atoms with Crippen LogP contribution in [-0.4, -0.2) is 20.3 Å². The molecule has 92 valence electrons. The van der Waals surface area contributed by atoms with E-state index in [9.17, 15) is 0 Å². The zero-order valence-corrected chi connectivity index (χ0v) is 12.0. The van der Waals surface area contributed by atoms with Crippen LogP contribution in [0, 0.1) is 0 Å². The number of nitrogens with one attached hydrogen (secondary N) is 1. The van der Waals surface area contributed by atoms with Crippen LogP contribution in [0.15, 0.2) is 18.2 Å². The van der Waals surface area contributed by atoms with E-state index >= 15 is 0 Å². The average Bonchev–Trinajstić information content (AvgIpc) is 2.25. The van der Waals surface area contributed by atoms with E-state index < -0.39 is 0 Å². The van der Waals surface area contributed by atoms with Gasteiger partial charge in [0.05, 0.1) is 14.2 Å². The molecule has 0 aliphatic heterocycles. The minimum Gasteiger partial charge on any atom is -0.497 e. The van der Waals surface area contributed by atoms with Crippen molar-refractivity contribution < 1.29 is 9.47 Å². The van der Waals surface area contributed by atoms with Crippen LogP contribution in [-0.2, 0) is 6.54 Å². The summed E-state index contributed by atoms with van der Waals surface area (Å²) in [5, 5.41) is 3.35. The molecule has 0 radical (unpaired) electrons. The molecular formula is C12H20BrNO2. The van der Waals surface area contributed by atoms with Gasteiger partial charge in [-0.3, -0.25) is 0 Å². The standard InChI is InChI=1S/C12H19NO2.BrH/c1-9(2)13-8-10-5-11(14-3)7-12(6-10)15-4;/h5-7,9,13H,8H2,1-4H3;1H. The molecule has 0 fully saturated rings. The van der Waals surface area contributed by atoms with Gasteiger partial charge in [0, 0.05) is 18.7 Å². The van der Waals surface area contributed by atoms with Gasteiger partial charge in [0.2, 0.25) is 0 Å². The summed E-state index contributed by atoms with van der Waals surface area (Å²) in [6, 6.07) is 6.37. The maximum atomic E-state index is 5.20. The van der Waals surface area contributed by atoms with Crippen molar-refractivity contribution in [2.24, 2.45) is 0 Å². The molecule has 0 unspecified atom stereocenters. The van der Waals surface area contributed by atoms with Crippen LogP contribution in [0.25, 0.3) is 0 Å². The Kier molecular flexibility index (Phi) is 7.17. The van der Waals surface area contributed by atoms with Gasteiger partial charge in [0.25, 0.3) is 0 Å². The molecule has 0 bridgehead atoms. The molecule has 1 N–H and O–H groups in total. The van der Waals surface area contributed by atoms with Gasteiger partial charge in [0.15, 0.2) is 0 Å². The molecule has 0 atom stereocenters. The zero-order chi connectivity index (χ0) is 11.3. The molecule has 0 spiro atoms. The Balaban J connectivity index is 0.00000225. The number of halogens is 1. The van der Waals surface area contributed by atoms with Crippen LogP contribution in [0.2, 0.25) is 0 Å². The van der Waals surface area contributed by atoms with Crippen LogP contribution in [0.1, 0.15) is 19.4 Å². The van der Waals surface area contributed by atoms with E-state index in [1.165, 1.54) is 5.56 Å². The zero-order valence-electron chi connectivity index (χ0n) is 10.2. The Hall–Kier alpha value is -0.740. The van der Waals surface area contributed by atoms with Gasteiger partial charge in [-0.1, -0.05) is 13.8 Å². The first kappa shape index (κ1) is 15.3. The van der Waals surface area contributed by atoms with E-state index in [0.29, 0.717) is 6.04 Å². The van der Waals surface area contributed by atoms with Crippen LogP contribution in [0.3, 0.4) is 0 Å². The summed E-state index contributed by atoms with van der Waals surface area (Å²) in [5.74, 6) is 1.66. The van der Waals surface area contributed by atoms with Crippen molar-refractivity contribution in [2.75, 3.05) is 14.2 Å². The number of hydrogen-bond acceptors (Lipinski definition) is 3. The van der Waals surface area contributed by atoms with Gasteiger partial charge < -0.3 is 14.8 Å². The summed E-state index contributed by atoms with van der Waals surface area (Å²) in [6.45, 7) is 5.07. The van der Waals surface area contributed by atoms with Crippen LogP contribution in [0.5, 0.6) is 11.5 Å². The predicted molar refractivity (Wildman–Crippen MR) is 71.8 cm³/mol. The highest BCUT2D eigenvalue weighted by atomic mass is 79.9. The van der Waals surface area contributed by atoms with Crippen molar-refractivity contribution >= 4 is 17.0 Å². The number of ether oxygens (including phenoxy) is 2. The van der Waals surface area contributed by atoms with Crippen molar-refractivity contribution in [3.8, 4) is 11.5 Å². The molecule has 0 heterocycles. The Labute approximate surface area is 108 Å². The molecule has 0 aliphatic rings. The molecule has 4 heteroatoms. The summed E-state index contributed by atoms with van der Waals surface area (Å²) in [7, 11) is 3.32. The lowest BCUT2D eigenvalue weighted by Gasteiger charge is -2.11. The normalized spacial score (nSPS) is 9.81. The third kappa shape index (κ3) is 4.86. The van der Waals surface area contributed by atoms with Crippen molar-refractivity contribution in [3.63, 3.8) is 0 Å². The monoisotopic (exact) mass is 289 g/mol. The lowest BCUT2D eigenvalue weighted by atomic mass is 10.2. The third-order valence-corrected chi connectivity index (χ3v) is 2.13. The number of benzene rings is 1. The fraction of sp³-hybridized carbons (Fsp3) is 0.500. The molecule has 16 heavy (non-hydrogen) atoms. The second-order valence-electron chi connectivity index (χ2n) is 3.76. The highest BCUT2D eigenvalue weighted by Gasteiger charge is 2.02. The summed E-state index contributed by atoms with van der Waals surface area (Å²) in [6.07, 6.45) is 0. The molecule has 0 amide bonds. The Bertz CT molecular complexity index is 294. The van der Waals surface area contributed by atoms with Crippen LogP contribution >= 0.6 is 17.0 Å². The molecule has 0 aliphatic carbocycles. The summed E-state index contributed by atoms with van der Waals surface area (Å²) in [5.41, 5.74) is 1.17. The fourth-order valence-electron chi connectivity index (χ4n) is 1.29. The lowest BCUT2D eigenvalue weighted by molar-refractivity contribution is 0.393. The minimum atomic E-state index is 0. The largest absolute Gasteiger partial charge is 0.497 e. The SMILES string of the molecule is Br.COc1cc(CNC(C)C)cc(OC)c1. The topological polar surface area (TPSA) is 30.5 Å². The summed E-state index contributed by atoms with van der Waals surface area (Å²) < 4.78 is 10.4. The number of hydrogen-bond donors (Lipinski definition) is 1. The van der Waals surface area contributed by atoms with Crippen molar-refractivity contribution in [1.82, 2.24) is 5.32 Å². The van der Waals surface area contributed by atoms with Gasteiger partial charge in [-0.2, -0.15) is 0 Å². The van der Waals surface area contributed by atoms with E-state index in [0.717, 1.165) is 18.0 Å². The minimum absolute atomic E-state index is 0. The van der Waals surface area contributed by atoms with E-state index in [-0.39, 0.29) is 17.0 Å². The van der Waals surface area contributed by atoms with Gasteiger partial charge in [-0.05, 0) is 17.7 Å². The maximum absolute atomic E-state index is 5.20. The van der Waals surface area contributed by atoms with Crippen LogP contribution < -0.4 is 14.8 Å². The van der Waals surface area contributed by atoms with Crippen molar-refractivity contribution in [3.05, 3.63) is 23.8 Å². The molecular weight excluding hydrogens is 270 g/mol. The molecule has 0 saturated heterocycles. The van der Waals surface area contributed by atoms with Crippen molar-refractivity contribution in [2.45, 2.75) is 26.4 Å². The first-order valence-corrected chi connectivity index (χ1v) is 5.11. The molecule has 1 aromatic carbocycles. The number of rotatable bonds is 5. The summed E-state index contributed by atoms with van der Waals surface area (Å²) >= 11 is 0. The highest BCUT2D eigenvalue weighted by Crippen LogP contribution is 2.22. The van der Waals surface area contributed by atoms with Gasteiger partial charge in [-0.25, -0.2) is 0 Å². The maximum Gasteiger partial charge on any atom is 0.122 e. The van der Waals surface area contributed by atoms with Crippen LogP contribution in [0.4, 0.5) is 0 Å². The van der Waals surface area contributed by atoms with Gasteiger partial charge >= 0.3 is 0 Å². The molecule has 3 nitrogen and oxygen atoms in total. The molecule has 1 rings (SSSR count). The molecule has 0 aromatic heterocycles. The highest BCUT2D eigenvalue weighted by molar-refractivity contribution is 8.93. The van der Waals surface area contributed by atoms with E-state index in [1.54, 1.807) is 14.2 Å². The first-order valence-electron chi connectivity index (χ1n) is 5.11. The Morgan fingerprint density at radius 1 is 1.06 bits per heavy atom. The predicted octanol–water partition coefficient (Wildman–Crippen LogP) is 2.78. The Morgan fingerprint density at radius 2 is 1.56 bits per heavy atom. The second kappa shape index (κ2) is 7.52. The van der Waals surface area contributed by atoms with Crippen molar-refractivity contribution in [1.29, 1.82) is 0 Å². The average molecular weight is 290 g/mol. The first-order chi connectivity index (χ1) is 7.15. The molecule has 1 aromatic rings.